The number of nitrogens with zero attached hydrogens (tertiary/aromatic N) is 2. The van der Waals surface area contributed by atoms with Gasteiger partial charge < -0.3 is 10.2 Å². The highest BCUT2D eigenvalue weighted by molar-refractivity contribution is 9.10. The topological polar surface area (TPSA) is 86.8 Å². The maximum atomic E-state index is 14.4. The first-order valence-corrected chi connectivity index (χ1v) is 16.3. The van der Waals surface area contributed by atoms with Crippen molar-refractivity contribution in [2.24, 2.45) is 0 Å². The van der Waals surface area contributed by atoms with Gasteiger partial charge in [0.05, 0.1) is 10.6 Å². The molecular weight excluding hydrogens is 645 g/mol. The number of hydrogen-bond donors (Lipinski definition) is 1. The minimum atomic E-state index is -4.25. The number of amides is 2. The number of benzene rings is 4. The zero-order valence-corrected chi connectivity index (χ0v) is 27.2. The standard InChI is InChI=1S/C34H35BrFN3O4S/c1-34(2,3)37-33(41)31(22-25-11-6-4-7-12-25)38(23-26-13-10-14-27(35)21-26)32(40)24-39(29-19-17-28(36)18-20-29)44(42,43)30-15-8-5-9-16-30/h4-21,31H,22-24H2,1-3H3,(H,37,41)/t31-/m1/s1. The molecule has 0 aliphatic heterocycles. The van der Waals surface area contributed by atoms with E-state index in [1.165, 1.54) is 29.2 Å². The lowest BCUT2D eigenvalue weighted by Gasteiger charge is -2.35. The Morgan fingerprint density at radius 3 is 2.02 bits per heavy atom. The molecule has 10 heteroatoms. The number of rotatable bonds is 11. The number of hydrogen-bond acceptors (Lipinski definition) is 4. The van der Waals surface area contributed by atoms with E-state index in [0.717, 1.165) is 32.0 Å². The summed E-state index contributed by atoms with van der Waals surface area (Å²) in [6, 6.07) is 28.4. The second kappa shape index (κ2) is 14.2. The summed E-state index contributed by atoms with van der Waals surface area (Å²) in [4.78, 5) is 29.7. The van der Waals surface area contributed by atoms with E-state index in [1.807, 2.05) is 75.4 Å². The van der Waals surface area contributed by atoms with Gasteiger partial charge in [-0.3, -0.25) is 13.9 Å². The van der Waals surface area contributed by atoms with Gasteiger partial charge in [-0.2, -0.15) is 0 Å². The van der Waals surface area contributed by atoms with E-state index >= 15 is 0 Å². The molecule has 2 amide bonds. The molecule has 0 radical (unpaired) electrons. The first-order valence-electron chi connectivity index (χ1n) is 14.1. The zero-order chi connectivity index (χ0) is 31.9. The first-order chi connectivity index (χ1) is 20.8. The van der Waals surface area contributed by atoms with Gasteiger partial charge in [-0.15, -0.1) is 0 Å². The van der Waals surface area contributed by atoms with Gasteiger partial charge in [0.1, 0.15) is 18.4 Å². The van der Waals surface area contributed by atoms with Gasteiger partial charge in [-0.25, -0.2) is 12.8 Å². The van der Waals surface area contributed by atoms with Crippen LogP contribution in [-0.2, 0) is 32.6 Å². The van der Waals surface area contributed by atoms with Crippen molar-refractivity contribution in [3.63, 3.8) is 0 Å². The molecule has 44 heavy (non-hydrogen) atoms. The molecule has 0 aromatic heterocycles. The Morgan fingerprint density at radius 1 is 0.841 bits per heavy atom. The Hall–Kier alpha value is -4.02. The molecule has 0 unspecified atom stereocenters. The number of halogens is 2. The van der Waals surface area contributed by atoms with Crippen LogP contribution in [0.2, 0.25) is 0 Å². The lowest BCUT2D eigenvalue weighted by Crippen LogP contribution is -2.56. The normalized spacial score (nSPS) is 12.3. The van der Waals surface area contributed by atoms with Crippen LogP contribution >= 0.6 is 15.9 Å². The Bertz CT molecular complexity index is 1680. The van der Waals surface area contributed by atoms with Crippen LogP contribution in [0.25, 0.3) is 0 Å². The Balaban J connectivity index is 1.81. The SMILES string of the molecule is CC(C)(C)NC(=O)[C@@H](Cc1ccccc1)N(Cc1cccc(Br)c1)C(=O)CN(c1ccc(F)cc1)S(=O)(=O)c1ccccc1. The van der Waals surface area contributed by atoms with E-state index in [1.54, 1.807) is 18.2 Å². The molecule has 4 rings (SSSR count). The zero-order valence-electron chi connectivity index (χ0n) is 24.8. The minimum Gasteiger partial charge on any atom is -0.350 e. The van der Waals surface area contributed by atoms with Gasteiger partial charge in [0, 0.05) is 23.0 Å². The van der Waals surface area contributed by atoms with Crippen LogP contribution in [0.5, 0.6) is 0 Å². The molecule has 0 saturated heterocycles. The summed E-state index contributed by atoms with van der Waals surface area (Å²) in [6.45, 7) is 4.98. The Kier molecular flexibility index (Phi) is 10.6. The predicted octanol–water partition coefficient (Wildman–Crippen LogP) is 6.34. The van der Waals surface area contributed by atoms with Crippen LogP contribution in [0, 0.1) is 5.82 Å². The van der Waals surface area contributed by atoms with Crippen molar-refractivity contribution in [1.82, 2.24) is 10.2 Å². The third-order valence-corrected chi connectivity index (χ3v) is 9.02. The van der Waals surface area contributed by atoms with Crippen LogP contribution in [0.4, 0.5) is 10.1 Å². The molecule has 230 valence electrons. The van der Waals surface area contributed by atoms with E-state index in [2.05, 4.69) is 21.2 Å². The van der Waals surface area contributed by atoms with E-state index < -0.39 is 39.9 Å². The molecule has 4 aromatic rings. The lowest BCUT2D eigenvalue weighted by molar-refractivity contribution is -0.140. The van der Waals surface area contributed by atoms with Crippen molar-refractivity contribution < 1.29 is 22.4 Å². The fraction of sp³-hybridized carbons (Fsp3) is 0.235. The monoisotopic (exact) mass is 679 g/mol. The molecule has 4 aromatic carbocycles. The Morgan fingerprint density at radius 2 is 1.43 bits per heavy atom. The van der Waals surface area contributed by atoms with E-state index in [-0.39, 0.29) is 29.5 Å². The molecule has 1 atom stereocenters. The smallest absolute Gasteiger partial charge is 0.264 e. The fourth-order valence-electron chi connectivity index (χ4n) is 4.69. The fourth-order valence-corrected chi connectivity index (χ4v) is 6.58. The van der Waals surface area contributed by atoms with E-state index in [4.69, 9.17) is 0 Å². The van der Waals surface area contributed by atoms with E-state index in [9.17, 15) is 22.4 Å². The molecule has 0 spiro atoms. The van der Waals surface area contributed by atoms with Crippen LogP contribution in [0.1, 0.15) is 31.9 Å². The molecule has 1 N–H and O–H groups in total. The third-order valence-electron chi connectivity index (χ3n) is 6.74. The number of carbonyl (C=O) groups is 2. The van der Waals surface area contributed by atoms with Crippen LogP contribution in [-0.4, -0.2) is 43.3 Å². The second-order valence-electron chi connectivity index (χ2n) is 11.4. The van der Waals surface area contributed by atoms with Gasteiger partial charge in [-0.1, -0.05) is 76.6 Å². The molecular formula is C34H35BrFN3O4S. The van der Waals surface area contributed by atoms with Gasteiger partial charge in [0.25, 0.3) is 10.0 Å². The summed E-state index contributed by atoms with van der Waals surface area (Å²) in [5.41, 5.74) is 1.10. The van der Waals surface area contributed by atoms with Crippen molar-refractivity contribution in [1.29, 1.82) is 0 Å². The van der Waals surface area contributed by atoms with E-state index in [0.29, 0.717) is 0 Å². The molecule has 0 aliphatic carbocycles. The summed E-state index contributed by atoms with van der Waals surface area (Å²) in [5, 5.41) is 3.00. The Labute approximate surface area is 266 Å². The van der Waals surface area contributed by atoms with Crippen LogP contribution < -0.4 is 9.62 Å². The van der Waals surface area contributed by atoms with Gasteiger partial charge in [0.15, 0.2) is 0 Å². The third kappa shape index (κ3) is 8.76. The summed E-state index contributed by atoms with van der Waals surface area (Å²) < 4.78 is 43.5. The van der Waals surface area contributed by atoms with Crippen molar-refractivity contribution >= 4 is 43.5 Å². The highest BCUT2D eigenvalue weighted by atomic mass is 79.9. The average Bonchev–Trinajstić information content (AvgIpc) is 2.98. The van der Waals surface area contributed by atoms with Gasteiger partial charge in [-0.05, 0) is 80.4 Å². The minimum absolute atomic E-state index is 0.0259. The van der Waals surface area contributed by atoms with Crippen molar-refractivity contribution in [3.8, 4) is 0 Å². The lowest BCUT2D eigenvalue weighted by atomic mass is 10.0. The van der Waals surface area contributed by atoms with Crippen molar-refractivity contribution in [2.75, 3.05) is 10.8 Å². The van der Waals surface area contributed by atoms with Crippen LogP contribution in [0.15, 0.2) is 119 Å². The molecule has 0 heterocycles. The summed E-state index contributed by atoms with van der Waals surface area (Å²) in [6.07, 6.45) is 0.199. The highest BCUT2D eigenvalue weighted by Gasteiger charge is 2.35. The van der Waals surface area contributed by atoms with Gasteiger partial charge >= 0.3 is 0 Å². The first kappa shape index (κ1) is 32.9. The number of nitrogens with one attached hydrogen (secondary N) is 1. The molecule has 0 aliphatic rings. The predicted molar refractivity (Wildman–Crippen MR) is 174 cm³/mol. The van der Waals surface area contributed by atoms with Crippen LogP contribution in [0.3, 0.4) is 0 Å². The summed E-state index contributed by atoms with van der Waals surface area (Å²) >= 11 is 3.48. The molecule has 7 nitrogen and oxygen atoms in total. The largest absolute Gasteiger partial charge is 0.350 e. The van der Waals surface area contributed by atoms with Gasteiger partial charge in [0.2, 0.25) is 11.8 Å². The number of carbonyl (C=O) groups excluding carboxylic acids is 2. The molecule has 0 saturated carbocycles. The number of sulfonamides is 1. The summed E-state index contributed by atoms with van der Waals surface area (Å²) in [5.74, 6) is -1.52. The highest BCUT2D eigenvalue weighted by Crippen LogP contribution is 2.26. The number of anilines is 1. The second-order valence-corrected chi connectivity index (χ2v) is 14.2. The maximum Gasteiger partial charge on any atom is 0.264 e. The molecule has 0 fully saturated rings. The molecule has 0 bridgehead atoms. The van der Waals surface area contributed by atoms with Crippen molar-refractivity contribution in [2.45, 2.75) is 50.2 Å². The van der Waals surface area contributed by atoms with Crippen molar-refractivity contribution in [3.05, 3.63) is 131 Å². The maximum absolute atomic E-state index is 14.4. The quantitative estimate of drug-likeness (QED) is 0.201. The summed E-state index contributed by atoms with van der Waals surface area (Å²) in [7, 11) is -4.25. The average molecular weight is 681 g/mol.